The first-order valence-electron chi connectivity index (χ1n) is 10.4. The molecule has 2 aromatic heterocycles. The summed E-state index contributed by atoms with van der Waals surface area (Å²) in [5, 5.41) is 15.4. The number of nitro groups is 1. The van der Waals surface area contributed by atoms with Crippen molar-refractivity contribution in [1.29, 1.82) is 0 Å². The number of rotatable bonds is 5. The smallest absolute Gasteiger partial charge is 0.289 e. The summed E-state index contributed by atoms with van der Waals surface area (Å²) in [6.07, 6.45) is 3.79. The number of sulfonamides is 1. The van der Waals surface area contributed by atoms with E-state index in [1.165, 1.54) is 16.4 Å². The molecule has 9 nitrogen and oxygen atoms in total. The Kier molecular flexibility index (Phi) is 5.64. The SMILES string of the molecule is O=[N+]([O-])c1cc(S(=O)(=O)N2CCc3c(ccnc3Nc3cnc4ccccc4c3)C2)ccc1Cl. The summed E-state index contributed by atoms with van der Waals surface area (Å²) >= 11 is 5.84. The van der Waals surface area contributed by atoms with E-state index in [0.717, 1.165) is 33.8 Å². The molecule has 1 N–H and O–H groups in total. The number of nitrogens with one attached hydrogen (secondary N) is 1. The van der Waals surface area contributed by atoms with Crippen LogP contribution < -0.4 is 5.32 Å². The van der Waals surface area contributed by atoms with Gasteiger partial charge in [0.2, 0.25) is 10.0 Å². The van der Waals surface area contributed by atoms with Gasteiger partial charge in [-0.15, -0.1) is 0 Å². The number of hydrogen-bond donors (Lipinski definition) is 1. The lowest BCUT2D eigenvalue weighted by Crippen LogP contribution is -2.36. The Morgan fingerprint density at radius 3 is 2.74 bits per heavy atom. The van der Waals surface area contributed by atoms with Gasteiger partial charge in [0, 0.05) is 36.3 Å². The van der Waals surface area contributed by atoms with E-state index in [1.54, 1.807) is 18.5 Å². The van der Waals surface area contributed by atoms with Crippen molar-refractivity contribution >= 4 is 49.7 Å². The van der Waals surface area contributed by atoms with E-state index < -0.39 is 20.6 Å². The molecule has 4 aromatic rings. The fourth-order valence-electron chi connectivity index (χ4n) is 4.00. The zero-order valence-corrected chi connectivity index (χ0v) is 19.3. The Balaban J connectivity index is 1.42. The molecular formula is C23H18ClN5O4S. The summed E-state index contributed by atoms with van der Waals surface area (Å²) in [5.74, 6) is 0.647. The number of hydrogen-bond acceptors (Lipinski definition) is 7. The van der Waals surface area contributed by atoms with Crippen molar-refractivity contribution in [2.75, 3.05) is 11.9 Å². The highest BCUT2D eigenvalue weighted by molar-refractivity contribution is 7.89. The molecule has 0 aliphatic carbocycles. The van der Waals surface area contributed by atoms with Gasteiger partial charge in [-0.3, -0.25) is 15.1 Å². The monoisotopic (exact) mass is 495 g/mol. The van der Waals surface area contributed by atoms with Crippen LogP contribution in [0.15, 0.2) is 71.9 Å². The summed E-state index contributed by atoms with van der Waals surface area (Å²) in [5.41, 5.74) is 2.95. The van der Waals surface area contributed by atoms with Gasteiger partial charge in [0.05, 0.1) is 27.2 Å². The van der Waals surface area contributed by atoms with Crippen molar-refractivity contribution in [3.8, 4) is 0 Å². The summed E-state index contributed by atoms with van der Waals surface area (Å²) in [7, 11) is -3.95. The molecule has 172 valence electrons. The van der Waals surface area contributed by atoms with Crippen LogP contribution in [0.4, 0.5) is 17.2 Å². The molecule has 0 bridgehead atoms. The minimum Gasteiger partial charge on any atom is -0.339 e. The summed E-state index contributed by atoms with van der Waals surface area (Å²) < 4.78 is 27.7. The quantitative estimate of drug-likeness (QED) is 0.315. The highest BCUT2D eigenvalue weighted by Crippen LogP contribution is 2.32. The van der Waals surface area contributed by atoms with Crippen LogP contribution in [0, 0.1) is 10.1 Å². The second-order valence-electron chi connectivity index (χ2n) is 7.80. The van der Waals surface area contributed by atoms with Crippen molar-refractivity contribution in [3.05, 3.63) is 93.3 Å². The van der Waals surface area contributed by atoms with Gasteiger partial charge < -0.3 is 5.32 Å². The summed E-state index contributed by atoms with van der Waals surface area (Å²) in [6, 6.07) is 15.1. The number of halogens is 1. The lowest BCUT2D eigenvalue weighted by atomic mass is 10.0. The Labute approximate surface area is 200 Å². The van der Waals surface area contributed by atoms with Crippen LogP contribution in [0.25, 0.3) is 10.9 Å². The molecule has 11 heteroatoms. The largest absolute Gasteiger partial charge is 0.339 e. The molecule has 5 rings (SSSR count). The van der Waals surface area contributed by atoms with Crippen molar-refractivity contribution in [2.45, 2.75) is 17.9 Å². The molecule has 1 aliphatic rings. The van der Waals surface area contributed by atoms with Crippen molar-refractivity contribution < 1.29 is 13.3 Å². The number of anilines is 2. The third-order valence-electron chi connectivity index (χ3n) is 5.72. The molecule has 0 atom stereocenters. The molecule has 2 aromatic carbocycles. The second-order valence-corrected chi connectivity index (χ2v) is 10.1. The molecule has 0 radical (unpaired) electrons. The lowest BCUT2D eigenvalue weighted by molar-refractivity contribution is -0.384. The number of aromatic nitrogens is 2. The number of nitro benzene ring substituents is 1. The molecule has 34 heavy (non-hydrogen) atoms. The van der Waals surface area contributed by atoms with Crippen LogP contribution in [-0.4, -0.2) is 34.2 Å². The molecule has 0 unspecified atom stereocenters. The van der Waals surface area contributed by atoms with E-state index >= 15 is 0 Å². The van der Waals surface area contributed by atoms with Crippen molar-refractivity contribution in [1.82, 2.24) is 14.3 Å². The van der Waals surface area contributed by atoms with Gasteiger partial charge in [-0.05, 0) is 42.3 Å². The normalized spacial score (nSPS) is 14.0. The summed E-state index contributed by atoms with van der Waals surface area (Å²) in [6.45, 7) is 0.337. The third-order valence-corrected chi connectivity index (χ3v) is 7.88. The van der Waals surface area contributed by atoms with Crippen LogP contribution in [0.2, 0.25) is 5.02 Å². The summed E-state index contributed by atoms with van der Waals surface area (Å²) in [4.78, 5) is 19.2. The molecule has 3 heterocycles. The van der Waals surface area contributed by atoms with E-state index in [2.05, 4.69) is 15.3 Å². The molecular weight excluding hydrogens is 478 g/mol. The van der Waals surface area contributed by atoms with E-state index in [1.807, 2.05) is 30.3 Å². The average Bonchev–Trinajstić information content (AvgIpc) is 2.84. The minimum atomic E-state index is -3.95. The zero-order valence-electron chi connectivity index (χ0n) is 17.7. The topological polar surface area (TPSA) is 118 Å². The molecule has 1 aliphatic heterocycles. The van der Waals surface area contributed by atoms with Crippen LogP contribution >= 0.6 is 11.6 Å². The van der Waals surface area contributed by atoms with Crippen LogP contribution in [0.3, 0.4) is 0 Å². The first kappa shape index (κ1) is 22.2. The number of nitrogens with zero attached hydrogens (tertiary/aromatic N) is 4. The van der Waals surface area contributed by atoms with Gasteiger partial charge in [0.1, 0.15) is 10.8 Å². The van der Waals surface area contributed by atoms with E-state index in [9.17, 15) is 18.5 Å². The molecule has 0 amide bonds. The number of pyridine rings is 2. The highest BCUT2D eigenvalue weighted by Gasteiger charge is 2.31. The first-order chi connectivity index (χ1) is 16.3. The Morgan fingerprint density at radius 1 is 1.09 bits per heavy atom. The molecule has 0 spiro atoms. The average molecular weight is 496 g/mol. The van der Waals surface area contributed by atoms with Gasteiger partial charge in [-0.25, -0.2) is 13.4 Å². The van der Waals surface area contributed by atoms with E-state index in [4.69, 9.17) is 11.6 Å². The Hall–Kier alpha value is -3.60. The van der Waals surface area contributed by atoms with Gasteiger partial charge in [-0.2, -0.15) is 4.31 Å². The molecule has 0 saturated heterocycles. The number of fused-ring (bicyclic) bond motifs is 2. The number of benzene rings is 2. The van der Waals surface area contributed by atoms with Gasteiger partial charge in [0.15, 0.2) is 0 Å². The highest BCUT2D eigenvalue weighted by atomic mass is 35.5. The van der Waals surface area contributed by atoms with Crippen LogP contribution in [-0.2, 0) is 23.0 Å². The van der Waals surface area contributed by atoms with E-state index in [0.29, 0.717) is 12.2 Å². The second kappa shape index (κ2) is 8.64. The first-order valence-corrected chi connectivity index (χ1v) is 12.2. The van der Waals surface area contributed by atoms with Gasteiger partial charge in [0.25, 0.3) is 5.69 Å². The van der Waals surface area contributed by atoms with Crippen molar-refractivity contribution in [3.63, 3.8) is 0 Å². The maximum absolute atomic E-state index is 13.2. The Morgan fingerprint density at radius 2 is 1.91 bits per heavy atom. The molecule has 0 fully saturated rings. The zero-order chi connectivity index (χ0) is 23.9. The minimum absolute atomic E-state index is 0.113. The van der Waals surface area contributed by atoms with Crippen LogP contribution in [0.5, 0.6) is 0 Å². The predicted octanol–water partition coefficient (Wildman–Crippen LogP) is 4.68. The lowest BCUT2D eigenvalue weighted by Gasteiger charge is -2.29. The van der Waals surface area contributed by atoms with E-state index in [-0.39, 0.29) is 23.0 Å². The van der Waals surface area contributed by atoms with Crippen LogP contribution in [0.1, 0.15) is 11.1 Å². The third kappa shape index (κ3) is 4.07. The van der Waals surface area contributed by atoms with Crippen molar-refractivity contribution in [2.24, 2.45) is 0 Å². The van der Waals surface area contributed by atoms with Gasteiger partial charge >= 0.3 is 0 Å². The fraction of sp³-hybridized carbons (Fsp3) is 0.130. The fourth-order valence-corrected chi connectivity index (χ4v) is 5.62. The Bertz CT molecular complexity index is 1540. The maximum Gasteiger partial charge on any atom is 0.289 e. The number of para-hydroxylation sites is 1. The molecule has 0 saturated carbocycles. The predicted molar refractivity (Wildman–Crippen MR) is 129 cm³/mol. The maximum atomic E-state index is 13.2. The van der Waals surface area contributed by atoms with Gasteiger partial charge in [-0.1, -0.05) is 29.8 Å². The standard InChI is InChI=1S/C23H18ClN5O4S/c24-20-6-5-18(12-22(20)29(30)31)34(32,33)28-10-8-19-16(14-28)7-9-25-23(19)27-17-11-15-3-1-2-4-21(15)26-13-17/h1-7,9,11-13H,8,10,14H2,(H,25,27).